The Kier molecular flexibility index (Phi) is 5.39. The largest absolute Gasteiger partial charge is 0.493 e. The summed E-state index contributed by atoms with van der Waals surface area (Å²) in [5.74, 6) is -0.436. The number of hydrogen-bond acceptors (Lipinski definition) is 5. The summed E-state index contributed by atoms with van der Waals surface area (Å²) in [6, 6.07) is 6.68. The van der Waals surface area contributed by atoms with Gasteiger partial charge < -0.3 is 5.11 Å². The summed E-state index contributed by atoms with van der Waals surface area (Å²) in [5, 5.41) is 27.7. The second kappa shape index (κ2) is 7.30. The van der Waals surface area contributed by atoms with Crippen molar-refractivity contribution in [2.45, 2.75) is 13.5 Å². The predicted molar refractivity (Wildman–Crippen MR) is 92.7 cm³/mol. The minimum Gasteiger partial charge on any atom is -0.493 e. The molecule has 2 rings (SSSR count). The molecule has 24 heavy (non-hydrogen) atoms. The van der Waals surface area contributed by atoms with Crippen molar-refractivity contribution in [1.82, 2.24) is 4.57 Å². The third kappa shape index (κ3) is 3.18. The molecular formula is C16H12Cl2N4O2. The zero-order valence-electron chi connectivity index (χ0n) is 12.6. The van der Waals surface area contributed by atoms with E-state index in [9.17, 15) is 15.2 Å². The Bertz CT molecular complexity index is 922. The van der Waals surface area contributed by atoms with Gasteiger partial charge in [-0.3, -0.25) is 9.36 Å². The molecule has 6 nitrogen and oxygen atoms in total. The summed E-state index contributed by atoms with van der Waals surface area (Å²) in [5.41, 5.74) is -0.317. The first-order chi connectivity index (χ1) is 11.4. The highest BCUT2D eigenvalue weighted by molar-refractivity contribution is 6.38. The second-order valence-electron chi connectivity index (χ2n) is 4.76. The number of aromatic nitrogens is 1. The number of halogens is 2. The van der Waals surface area contributed by atoms with Crippen LogP contribution in [0.25, 0.3) is 0 Å². The third-order valence-corrected chi connectivity index (χ3v) is 3.88. The van der Waals surface area contributed by atoms with Gasteiger partial charge in [0.25, 0.3) is 5.56 Å². The minimum atomic E-state index is -0.601. The number of aromatic hydroxyl groups is 1. The van der Waals surface area contributed by atoms with E-state index in [1.54, 1.807) is 18.2 Å². The van der Waals surface area contributed by atoms with Crippen molar-refractivity contribution in [3.8, 4) is 11.9 Å². The van der Waals surface area contributed by atoms with E-state index < -0.39 is 11.4 Å². The number of hydrogen-bond donors (Lipinski definition) is 1. The molecule has 0 aliphatic carbocycles. The quantitative estimate of drug-likeness (QED) is 0.634. The molecule has 122 valence electrons. The van der Waals surface area contributed by atoms with Gasteiger partial charge >= 0.3 is 0 Å². The van der Waals surface area contributed by atoms with Gasteiger partial charge in [0.15, 0.2) is 5.69 Å². The molecule has 0 aliphatic heterocycles. The van der Waals surface area contributed by atoms with Crippen molar-refractivity contribution in [3.63, 3.8) is 0 Å². The van der Waals surface area contributed by atoms with Gasteiger partial charge in [0, 0.05) is 12.1 Å². The van der Waals surface area contributed by atoms with Crippen LogP contribution < -0.4 is 5.56 Å². The van der Waals surface area contributed by atoms with Gasteiger partial charge in [-0.25, -0.2) is 0 Å². The molecule has 0 spiro atoms. The van der Waals surface area contributed by atoms with Gasteiger partial charge in [0.1, 0.15) is 17.3 Å². The molecule has 2 aromatic rings. The normalized spacial score (nSPS) is 10.8. The molecule has 0 unspecified atom stereocenters. The Morgan fingerprint density at radius 1 is 1.33 bits per heavy atom. The molecule has 1 aromatic carbocycles. The van der Waals surface area contributed by atoms with Crippen molar-refractivity contribution < 1.29 is 5.11 Å². The number of rotatable bonds is 4. The molecule has 0 amide bonds. The molecule has 1 N–H and O–H groups in total. The first kappa shape index (κ1) is 17.7. The van der Waals surface area contributed by atoms with Crippen LogP contribution in [0.15, 0.2) is 45.9 Å². The monoisotopic (exact) mass is 362 g/mol. The average molecular weight is 363 g/mol. The number of pyridine rings is 1. The van der Waals surface area contributed by atoms with E-state index >= 15 is 0 Å². The lowest BCUT2D eigenvalue weighted by molar-refractivity contribution is 0.414. The molecule has 0 saturated heterocycles. The SMILES string of the molecule is C=CCn1c(O)c(C#N)c(C)c(N=Nc2c(Cl)cccc2Cl)c1=O. The number of nitriles is 1. The van der Waals surface area contributed by atoms with E-state index in [-0.39, 0.29) is 39.1 Å². The highest BCUT2D eigenvalue weighted by Crippen LogP contribution is 2.34. The van der Waals surface area contributed by atoms with E-state index in [2.05, 4.69) is 16.8 Å². The highest BCUT2D eigenvalue weighted by Gasteiger charge is 2.18. The van der Waals surface area contributed by atoms with Crippen LogP contribution >= 0.6 is 23.2 Å². The van der Waals surface area contributed by atoms with Crippen LogP contribution in [0.2, 0.25) is 10.0 Å². The van der Waals surface area contributed by atoms with E-state index in [0.29, 0.717) is 0 Å². The molecule has 1 heterocycles. The van der Waals surface area contributed by atoms with Gasteiger partial charge in [-0.05, 0) is 19.1 Å². The number of nitrogens with zero attached hydrogens (tertiary/aromatic N) is 4. The van der Waals surface area contributed by atoms with Crippen LogP contribution in [0.5, 0.6) is 5.88 Å². The first-order valence-electron chi connectivity index (χ1n) is 6.75. The Balaban J connectivity index is 2.69. The van der Waals surface area contributed by atoms with E-state index in [1.807, 2.05) is 6.07 Å². The summed E-state index contributed by atoms with van der Waals surface area (Å²) in [7, 11) is 0. The zero-order chi connectivity index (χ0) is 17.9. The predicted octanol–water partition coefficient (Wildman–Crippen LogP) is 4.64. The van der Waals surface area contributed by atoms with Crippen LogP contribution in [0, 0.1) is 18.3 Å². The average Bonchev–Trinajstić information content (AvgIpc) is 2.54. The molecule has 1 aromatic heterocycles. The molecule has 0 fully saturated rings. The van der Waals surface area contributed by atoms with Crippen molar-refractivity contribution in [2.24, 2.45) is 10.2 Å². The van der Waals surface area contributed by atoms with Crippen molar-refractivity contribution >= 4 is 34.6 Å². The smallest absolute Gasteiger partial charge is 0.281 e. The number of allylic oxidation sites excluding steroid dienone is 1. The fraction of sp³-hybridized carbons (Fsp3) is 0.125. The molecule has 8 heteroatoms. The van der Waals surface area contributed by atoms with E-state index in [0.717, 1.165) is 4.57 Å². The summed E-state index contributed by atoms with van der Waals surface area (Å²) >= 11 is 12.0. The van der Waals surface area contributed by atoms with Crippen LogP contribution in [-0.4, -0.2) is 9.67 Å². The van der Waals surface area contributed by atoms with Crippen molar-refractivity contribution in [2.75, 3.05) is 0 Å². The van der Waals surface area contributed by atoms with Gasteiger partial charge in [-0.15, -0.1) is 16.8 Å². The Labute approximate surface area is 147 Å². The van der Waals surface area contributed by atoms with Gasteiger partial charge in [0.05, 0.1) is 10.0 Å². The molecule has 0 saturated carbocycles. The van der Waals surface area contributed by atoms with Crippen molar-refractivity contribution in [1.29, 1.82) is 5.26 Å². The Morgan fingerprint density at radius 3 is 2.46 bits per heavy atom. The third-order valence-electron chi connectivity index (χ3n) is 3.27. The lowest BCUT2D eigenvalue weighted by Crippen LogP contribution is -2.21. The lowest BCUT2D eigenvalue weighted by atomic mass is 10.1. The fourth-order valence-corrected chi connectivity index (χ4v) is 2.51. The van der Waals surface area contributed by atoms with Crippen LogP contribution in [0.3, 0.4) is 0 Å². The van der Waals surface area contributed by atoms with Gasteiger partial charge in [0.2, 0.25) is 5.88 Å². The molecule has 0 atom stereocenters. The second-order valence-corrected chi connectivity index (χ2v) is 5.57. The van der Waals surface area contributed by atoms with Crippen LogP contribution in [0.4, 0.5) is 11.4 Å². The maximum atomic E-state index is 12.5. The molecular weight excluding hydrogens is 351 g/mol. The Morgan fingerprint density at radius 2 is 1.92 bits per heavy atom. The van der Waals surface area contributed by atoms with Crippen LogP contribution in [0.1, 0.15) is 11.1 Å². The van der Waals surface area contributed by atoms with E-state index in [1.165, 1.54) is 13.0 Å². The minimum absolute atomic E-state index is 0.0228. The zero-order valence-corrected chi connectivity index (χ0v) is 14.1. The van der Waals surface area contributed by atoms with Crippen molar-refractivity contribution in [3.05, 3.63) is 62.4 Å². The topological polar surface area (TPSA) is 90.7 Å². The summed E-state index contributed by atoms with van der Waals surface area (Å²) < 4.78 is 0.987. The lowest BCUT2D eigenvalue weighted by Gasteiger charge is -2.11. The fourth-order valence-electron chi connectivity index (χ4n) is 2.04. The van der Waals surface area contributed by atoms with Gasteiger partial charge in [-0.2, -0.15) is 5.26 Å². The number of benzene rings is 1. The standard InChI is InChI=1S/C16H12Cl2N4O2/c1-3-7-22-15(23)10(8-19)9(2)13(16(22)24)20-21-14-11(17)5-4-6-12(14)18/h3-6,23H,1,7H2,2H3. The van der Waals surface area contributed by atoms with E-state index in [4.69, 9.17) is 23.2 Å². The van der Waals surface area contributed by atoms with Gasteiger partial charge in [-0.1, -0.05) is 35.3 Å². The molecule has 0 bridgehead atoms. The molecule has 0 radical (unpaired) electrons. The summed E-state index contributed by atoms with van der Waals surface area (Å²) in [6.45, 7) is 5.04. The highest BCUT2D eigenvalue weighted by atomic mass is 35.5. The first-order valence-corrected chi connectivity index (χ1v) is 7.51. The Hall–Kier alpha value is -2.62. The van der Waals surface area contributed by atoms with Crippen LogP contribution in [-0.2, 0) is 6.54 Å². The summed E-state index contributed by atoms with van der Waals surface area (Å²) in [4.78, 5) is 12.5. The number of azo groups is 1. The maximum Gasteiger partial charge on any atom is 0.281 e. The molecule has 0 aliphatic rings. The summed E-state index contributed by atoms with van der Waals surface area (Å²) in [6.07, 6.45) is 1.42. The maximum absolute atomic E-state index is 12.5.